The van der Waals surface area contributed by atoms with Gasteiger partial charge >= 0.3 is 0 Å². The molecule has 1 aromatic carbocycles. The molecule has 0 saturated heterocycles. The number of halogens is 2. The van der Waals surface area contributed by atoms with Crippen molar-refractivity contribution < 1.29 is 13.2 Å². The van der Waals surface area contributed by atoms with E-state index in [0.29, 0.717) is 0 Å². The van der Waals surface area contributed by atoms with Crippen molar-refractivity contribution in [1.82, 2.24) is 4.90 Å². The van der Waals surface area contributed by atoms with Crippen LogP contribution in [-0.2, 0) is 14.8 Å². The van der Waals surface area contributed by atoms with Crippen LogP contribution in [0.4, 0.5) is 5.69 Å². The highest BCUT2D eigenvalue weighted by atomic mass is 35.5. The third-order valence-electron chi connectivity index (χ3n) is 4.14. The summed E-state index contributed by atoms with van der Waals surface area (Å²) in [6.07, 6.45) is 5.15. The van der Waals surface area contributed by atoms with Crippen LogP contribution in [0.25, 0.3) is 0 Å². The summed E-state index contributed by atoms with van der Waals surface area (Å²) in [5, 5.41) is 0.366. The fourth-order valence-electron chi connectivity index (χ4n) is 2.80. The Morgan fingerprint density at radius 1 is 1.26 bits per heavy atom. The van der Waals surface area contributed by atoms with Gasteiger partial charge in [-0.2, -0.15) is 0 Å². The van der Waals surface area contributed by atoms with E-state index in [4.69, 9.17) is 23.2 Å². The molecule has 5 nitrogen and oxygen atoms in total. The predicted molar refractivity (Wildman–Crippen MR) is 93.7 cm³/mol. The molecular weight excluding hydrogens is 359 g/mol. The van der Waals surface area contributed by atoms with Crippen molar-refractivity contribution in [3.05, 3.63) is 28.2 Å². The molecule has 8 heteroatoms. The van der Waals surface area contributed by atoms with Crippen molar-refractivity contribution in [1.29, 1.82) is 0 Å². The van der Waals surface area contributed by atoms with Gasteiger partial charge in [0.05, 0.1) is 22.0 Å². The number of benzene rings is 1. The Bertz CT molecular complexity index is 688. The van der Waals surface area contributed by atoms with E-state index in [1.807, 2.05) is 0 Å². The highest BCUT2D eigenvalue weighted by Crippen LogP contribution is 2.33. The van der Waals surface area contributed by atoms with Gasteiger partial charge in [0.1, 0.15) is 6.54 Å². The summed E-state index contributed by atoms with van der Waals surface area (Å²) in [7, 11) is -1.95. The number of amides is 1. The van der Waals surface area contributed by atoms with E-state index in [1.165, 1.54) is 6.07 Å². The molecule has 0 heterocycles. The van der Waals surface area contributed by atoms with Crippen molar-refractivity contribution in [3.63, 3.8) is 0 Å². The second-order valence-electron chi connectivity index (χ2n) is 5.79. The van der Waals surface area contributed by atoms with Gasteiger partial charge < -0.3 is 4.90 Å². The highest BCUT2D eigenvalue weighted by molar-refractivity contribution is 7.92. The van der Waals surface area contributed by atoms with Crippen LogP contribution >= 0.6 is 23.2 Å². The molecule has 0 aromatic heterocycles. The van der Waals surface area contributed by atoms with Gasteiger partial charge in [-0.1, -0.05) is 42.1 Å². The Morgan fingerprint density at radius 3 is 2.43 bits per heavy atom. The SMILES string of the molecule is CN(C(=O)CN(c1cccc(Cl)c1Cl)S(C)(=O)=O)C1CCCC1. The Labute approximate surface area is 147 Å². The molecule has 0 spiro atoms. The molecule has 0 bridgehead atoms. The van der Waals surface area contributed by atoms with Crippen LogP contribution in [0.3, 0.4) is 0 Å². The van der Waals surface area contributed by atoms with E-state index in [2.05, 4.69) is 0 Å². The first-order valence-corrected chi connectivity index (χ1v) is 9.99. The van der Waals surface area contributed by atoms with E-state index in [0.717, 1.165) is 36.2 Å². The topological polar surface area (TPSA) is 57.7 Å². The van der Waals surface area contributed by atoms with Gasteiger partial charge in [-0.3, -0.25) is 9.10 Å². The van der Waals surface area contributed by atoms with E-state index < -0.39 is 10.0 Å². The standard InChI is InChI=1S/C15H20Cl2N2O3S/c1-18(11-6-3-4-7-11)14(20)10-19(23(2,21)22)13-9-5-8-12(16)15(13)17/h5,8-9,11H,3-4,6-7,10H2,1-2H3. The summed E-state index contributed by atoms with van der Waals surface area (Å²) in [6, 6.07) is 4.89. The van der Waals surface area contributed by atoms with Gasteiger partial charge in [0.25, 0.3) is 0 Å². The summed E-state index contributed by atoms with van der Waals surface area (Å²) in [5.74, 6) is -0.252. The van der Waals surface area contributed by atoms with Gasteiger partial charge in [-0.15, -0.1) is 0 Å². The van der Waals surface area contributed by atoms with Crippen molar-refractivity contribution >= 4 is 44.8 Å². The predicted octanol–water partition coefficient (Wildman–Crippen LogP) is 3.16. The maximum Gasteiger partial charge on any atom is 0.243 e. The third-order valence-corrected chi connectivity index (χ3v) is 6.08. The van der Waals surface area contributed by atoms with Crippen LogP contribution < -0.4 is 4.31 Å². The van der Waals surface area contributed by atoms with E-state index in [9.17, 15) is 13.2 Å². The summed E-state index contributed by atoms with van der Waals surface area (Å²) in [4.78, 5) is 14.1. The molecule has 0 radical (unpaired) electrons. The molecule has 0 N–H and O–H groups in total. The monoisotopic (exact) mass is 378 g/mol. The number of hydrogen-bond acceptors (Lipinski definition) is 3. The number of anilines is 1. The van der Waals surface area contributed by atoms with E-state index in [1.54, 1.807) is 24.1 Å². The molecule has 1 saturated carbocycles. The van der Waals surface area contributed by atoms with E-state index in [-0.39, 0.29) is 34.2 Å². The number of likely N-dealkylation sites (N-methyl/N-ethyl adjacent to an activating group) is 1. The molecule has 128 valence electrons. The van der Waals surface area contributed by atoms with Crippen molar-refractivity contribution in [2.45, 2.75) is 31.7 Å². The molecule has 1 amide bonds. The smallest absolute Gasteiger partial charge is 0.243 e. The minimum absolute atomic E-state index is 0.121. The van der Waals surface area contributed by atoms with Crippen LogP contribution in [0, 0.1) is 0 Å². The molecule has 1 aromatic rings. The zero-order valence-corrected chi connectivity index (χ0v) is 15.5. The van der Waals surface area contributed by atoms with Crippen molar-refractivity contribution in [3.8, 4) is 0 Å². The molecule has 2 rings (SSSR count). The van der Waals surface area contributed by atoms with Crippen LogP contribution in [0.2, 0.25) is 10.0 Å². The van der Waals surface area contributed by atoms with Gasteiger partial charge in [0, 0.05) is 13.1 Å². The number of carbonyl (C=O) groups excluding carboxylic acids is 1. The molecule has 0 unspecified atom stereocenters. The zero-order valence-electron chi connectivity index (χ0n) is 13.1. The van der Waals surface area contributed by atoms with E-state index >= 15 is 0 Å². The van der Waals surface area contributed by atoms with Crippen LogP contribution in [0.1, 0.15) is 25.7 Å². The van der Waals surface area contributed by atoms with Gasteiger partial charge in [0.15, 0.2) is 0 Å². The third kappa shape index (κ3) is 4.31. The van der Waals surface area contributed by atoms with Crippen LogP contribution in [-0.4, -0.2) is 45.1 Å². The number of rotatable bonds is 5. The summed E-state index contributed by atoms with van der Waals surface area (Å²) >= 11 is 12.1. The number of nitrogens with zero attached hydrogens (tertiary/aromatic N) is 2. The first-order chi connectivity index (χ1) is 10.7. The first-order valence-electron chi connectivity index (χ1n) is 7.39. The van der Waals surface area contributed by atoms with Crippen LogP contribution in [0.5, 0.6) is 0 Å². The number of hydrogen-bond donors (Lipinski definition) is 0. The molecule has 1 aliphatic carbocycles. The van der Waals surface area contributed by atoms with Crippen molar-refractivity contribution in [2.75, 3.05) is 24.2 Å². The maximum atomic E-state index is 12.5. The minimum atomic E-state index is -3.67. The largest absolute Gasteiger partial charge is 0.341 e. The van der Waals surface area contributed by atoms with Gasteiger partial charge in [-0.05, 0) is 25.0 Å². The normalized spacial score (nSPS) is 15.7. The lowest BCUT2D eigenvalue weighted by Gasteiger charge is -2.29. The minimum Gasteiger partial charge on any atom is -0.341 e. The maximum absolute atomic E-state index is 12.5. The van der Waals surface area contributed by atoms with Gasteiger partial charge in [0.2, 0.25) is 15.9 Å². The summed E-state index contributed by atoms with van der Waals surface area (Å²) < 4.78 is 25.3. The number of sulfonamides is 1. The molecule has 1 fully saturated rings. The fourth-order valence-corrected chi connectivity index (χ4v) is 4.10. The summed E-state index contributed by atoms with van der Waals surface area (Å²) in [6.45, 7) is -0.286. The second-order valence-corrected chi connectivity index (χ2v) is 8.48. The lowest BCUT2D eigenvalue weighted by atomic mass is 10.2. The highest BCUT2D eigenvalue weighted by Gasteiger charge is 2.28. The fraction of sp³-hybridized carbons (Fsp3) is 0.533. The Morgan fingerprint density at radius 2 is 1.87 bits per heavy atom. The Balaban J connectivity index is 2.26. The second kappa shape index (κ2) is 7.28. The molecule has 23 heavy (non-hydrogen) atoms. The Hall–Kier alpha value is -0.980. The summed E-state index contributed by atoms with van der Waals surface area (Å²) in [5.41, 5.74) is 0.217. The lowest BCUT2D eigenvalue weighted by Crippen LogP contribution is -2.44. The first kappa shape index (κ1) is 18.4. The molecule has 1 aliphatic rings. The average Bonchev–Trinajstić information content (AvgIpc) is 3.00. The quantitative estimate of drug-likeness (QED) is 0.790. The van der Waals surface area contributed by atoms with Gasteiger partial charge in [-0.25, -0.2) is 8.42 Å². The average molecular weight is 379 g/mol. The zero-order chi connectivity index (χ0) is 17.2. The van der Waals surface area contributed by atoms with Crippen LogP contribution in [0.15, 0.2) is 18.2 Å². The lowest BCUT2D eigenvalue weighted by molar-refractivity contribution is -0.130. The number of carbonyl (C=O) groups is 1. The molecule has 0 aliphatic heterocycles. The Kier molecular flexibility index (Phi) is 5.81. The molecular formula is C15H20Cl2N2O3S. The van der Waals surface area contributed by atoms with Crippen molar-refractivity contribution in [2.24, 2.45) is 0 Å². The molecule has 0 atom stereocenters.